The molecule has 3 aromatic rings. The van der Waals surface area contributed by atoms with Gasteiger partial charge in [0, 0.05) is 24.5 Å². The number of aliphatic hydroxyl groups is 1. The van der Waals surface area contributed by atoms with Gasteiger partial charge in [0.25, 0.3) is 0 Å². The molecule has 2 atom stereocenters. The van der Waals surface area contributed by atoms with Crippen LogP contribution in [0.2, 0.25) is 5.02 Å². The van der Waals surface area contributed by atoms with E-state index in [0.29, 0.717) is 22.0 Å². The van der Waals surface area contributed by atoms with Gasteiger partial charge in [0.2, 0.25) is 5.91 Å². The highest BCUT2D eigenvalue weighted by Gasteiger charge is 2.40. The molecule has 0 unspecified atom stereocenters. The van der Waals surface area contributed by atoms with E-state index >= 15 is 0 Å². The maximum Gasteiger partial charge on any atom is 0.323 e. The summed E-state index contributed by atoms with van der Waals surface area (Å²) in [5.74, 6) is -1.25. The number of amides is 2. The Kier molecular flexibility index (Phi) is 6.49. The van der Waals surface area contributed by atoms with Crippen molar-refractivity contribution in [1.29, 1.82) is 0 Å². The molecule has 0 saturated carbocycles. The zero-order valence-corrected chi connectivity index (χ0v) is 18.5. The average Bonchev–Trinajstić information content (AvgIpc) is 3.35. The summed E-state index contributed by atoms with van der Waals surface area (Å²) in [5.41, 5.74) is 6.94. The summed E-state index contributed by atoms with van der Waals surface area (Å²) in [7, 11) is 0. The first kappa shape index (κ1) is 22.9. The maximum atomic E-state index is 14.1. The molecule has 0 aliphatic carbocycles. The SMILES string of the molecule is NC(=O)n1cc(CC(=O)N2CC[C@@H](O)[C@H]2C(=O)CCc2cccc(Cl)c2F)c2ccccc21. The highest BCUT2D eigenvalue weighted by molar-refractivity contribution is 6.30. The van der Waals surface area contributed by atoms with Crippen molar-refractivity contribution in [2.24, 2.45) is 5.73 Å². The number of primary amides is 1. The summed E-state index contributed by atoms with van der Waals surface area (Å²) >= 11 is 5.80. The molecule has 0 radical (unpaired) electrons. The zero-order chi connectivity index (χ0) is 23.7. The number of aromatic nitrogens is 1. The van der Waals surface area contributed by atoms with E-state index in [1.54, 1.807) is 36.4 Å². The first-order valence-electron chi connectivity index (χ1n) is 10.6. The Bertz CT molecular complexity index is 1240. The minimum atomic E-state index is -0.996. The summed E-state index contributed by atoms with van der Waals surface area (Å²) in [6.07, 6.45) is 0.831. The molecule has 9 heteroatoms. The number of rotatable bonds is 6. The first-order chi connectivity index (χ1) is 15.8. The number of fused-ring (bicyclic) bond motifs is 1. The van der Waals surface area contributed by atoms with Crippen LogP contribution in [0.3, 0.4) is 0 Å². The van der Waals surface area contributed by atoms with E-state index in [-0.39, 0.29) is 48.9 Å². The highest BCUT2D eigenvalue weighted by Crippen LogP contribution is 2.26. The maximum absolute atomic E-state index is 14.1. The fraction of sp³-hybridized carbons (Fsp3) is 0.292. The summed E-state index contributed by atoms with van der Waals surface area (Å²) < 4.78 is 15.4. The fourth-order valence-electron chi connectivity index (χ4n) is 4.43. The number of halogens is 2. The molecule has 2 amide bonds. The number of benzene rings is 2. The van der Waals surface area contributed by atoms with Crippen LogP contribution in [0.4, 0.5) is 9.18 Å². The Balaban J connectivity index is 1.51. The predicted octanol–water partition coefficient (Wildman–Crippen LogP) is 3.07. The van der Waals surface area contributed by atoms with E-state index in [1.165, 1.54) is 21.7 Å². The van der Waals surface area contributed by atoms with Crippen LogP contribution in [0.5, 0.6) is 0 Å². The number of likely N-dealkylation sites (tertiary alicyclic amines) is 1. The standard InChI is InChI=1S/C24H23ClFN3O4/c25-17-6-3-4-14(22(17)26)8-9-19(30)23-20(31)10-11-28(23)21(32)12-15-13-29(24(27)33)18-7-2-1-5-16(15)18/h1-7,13,20,23,31H,8-12H2,(H2,27,33)/t20-,23-/m1/s1. The third-order valence-corrected chi connectivity index (χ3v) is 6.35. The molecule has 2 aromatic carbocycles. The minimum absolute atomic E-state index is 0.0206. The number of aliphatic hydroxyl groups excluding tert-OH is 1. The van der Waals surface area contributed by atoms with Crippen molar-refractivity contribution in [3.63, 3.8) is 0 Å². The third-order valence-electron chi connectivity index (χ3n) is 6.06. The number of carbonyl (C=O) groups is 3. The van der Waals surface area contributed by atoms with Gasteiger partial charge in [0.05, 0.1) is 23.1 Å². The number of nitrogens with zero attached hydrogens (tertiary/aromatic N) is 2. The number of para-hydroxylation sites is 1. The van der Waals surface area contributed by atoms with Crippen LogP contribution in [0.25, 0.3) is 10.9 Å². The van der Waals surface area contributed by atoms with E-state index in [4.69, 9.17) is 17.3 Å². The number of Topliss-reactive ketones (excluding diaryl/α,β-unsaturated/α-hetero) is 1. The Morgan fingerprint density at radius 1 is 1.12 bits per heavy atom. The Morgan fingerprint density at radius 3 is 2.64 bits per heavy atom. The van der Waals surface area contributed by atoms with E-state index < -0.39 is 24.0 Å². The van der Waals surface area contributed by atoms with Crippen molar-refractivity contribution in [1.82, 2.24) is 9.47 Å². The van der Waals surface area contributed by atoms with Crippen LogP contribution in [-0.2, 0) is 22.4 Å². The van der Waals surface area contributed by atoms with Crippen LogP contribution in [0, 0.1) is 5.82 Å². The monoisotopic (exact) mass is 471 g/mol. The van der Waals surface area contributed by atoms with Crippen LogP contribution in [0.1, 0.15) is 24.0 Å². The van der Waals surface area contributed by atoms with E-state index in [2.05, 4.69) is 0 Å². The molecule has 1 aliphatic rings. The van der Waals surface area contributed by atoms with Gasteiger partial charge >= 0.3 is 6.03 Å². The average molecular weight is 472 g/mol. The molecule has 1 aliphatic heterocycles. The van der Waals surface area contributed by atoms with Crippen molar-refractivity contribution in [2.75, 3.05) is 6.54 Å². The fourth-order valence-corrected chi connectivity index (χ4v) is 4.62. The third kappa shape index (κ3) is 4.49. The minimum Gasteiger partial charge on any atom is -0.390 e. The summed E-state index contributed by atoms with van der Waals surface area (Å²) in [5, 5.41) is 11.1. The van der Waals surface area contributed by atoms with E-state index in [1.807, 2.05) is 0 Å². The van der Waals surface area contributed by atoms with Crippen LogP contribution >= 0.6 is 11.6 Å². The van der Waals surface area contributed by atoms with Crippen LogP contribution < -0.4 is 5.73 Å². The van der Waals surface area contributed by atoms with Crippen molar-refractivity contribution in [3.8, 4) is 0 Å². The molecular formula is C24H23ClFN3O4. The van der Waals surface area contributed by atoms with Gasteiger partial charge in [-0.3, -0.25) is 14.2 Å². The number of ketones is 1. The second-order valence-corrected chi connectivity index (χ2v) is 8.53. The smallest absolute Gasteiger partial charge is 0.323 e. The second-order valence-electron chi connectivity index (χ2n) is 8.12. The molecule has 4 rings (SSSR count). The highest BCUT2D eigenvalue weighted by atomic mass is 35.5. The molecule has 7 nitrogen and oxygen atoms in total. The Labute approximate surface area is 194 Å². The molecule has 3 N–H and O–H groups in total. The van der Waals surface area contributed by atoms with Crippen LogP contribution in [0.15, 0.2) is 48.7 Å². The topological polar surface area (TPSA) is 106 Å². The number of nitrogens with two attached hydrogens (primary N) is 1. The van der Waals surface area contributed by atoms with E-state index in [0.717, 1.165) is 0 Å². The van der Waals surface area contributed by atoms with E-state index in [9.17, 15) is 23.9 Å². The number of hydrogen-bond acceptors (Lipinski definition) is 4. The second kappa shape index (κ2) is 9.33. The van der Waals surface area contributed by atoms with Gasteiger partial charge < -0.3 is 15.7 Å². The van der Waals surface area contributed by atoms with Gasteiger partial charge in [-0.2, -0.15) is 0 Å². The quantitative estimate of drug-likeness (QED) is 0.576. The first-order valence-corrected chi connectivity index (χ1v) is 11.0. The normalized spacial score (nSPS) is 18.1. The molecular weight excluding hydrogens is 449 g/mol. The van der Waals surface area contributed by atoms with Crippen molar-refractivity contribution < 1.29 is 23.9 Å². The summed E-state index contributed by atoms with van der Waals surface area (Å²) in [4.78, 5) is 39.2. The van der Waals surface area contributed by atoms with Gasteiger partial charge in [0.15, 0.2) is 5.78 Å². The van der Waals surface area contributed by atoms with Gasteiger partial charge in [-0.1, -0.05) is 41.9 Å². The predicted molar refractivity (Wildman–Crippen MR) is 121 cm³/mol. The van der Waals surface area contributed by atoms with Gasteiger partial charge in [-0.25, -0.2) is 9.18 Å². The van der Waals surface area contributed by atoms with Gasteiger partial charge in [0.1, 0.15) is 11.9 Å². The summed E-state index contributed by atoms with van der Waals surface area (Å²) in [6.45, 7) is 0.233. The van der Waals surface area contributed by atoms with Gasteiger partial charge in [-0.05, 0) is 36.1 Å². The molecule has 1 aromatic heterocycles. The van der Waals surface area contributed by atoms with Crippen LogP contribution in [-0.4, -0.2) is 51.0 Å². The van der Waals surface area contributed by atoms with Gasteiger partial charge in [-0.15, -0.1) is 0 Å². The Hall–Kier alpha value is -3.23. The largest absolute Gasteiger partial charge is 0.390 e. The Morgan fingerprint density at radius 2 is 1.88 bits per heavy atom. The molecule has 33 heavy (non-hydrogen) atoms. The number of carbonyl (C=O) groups excluding carboxylic acids is 3. The molecule has 2 heterocycles. The lowest BCUT2D eigenvalue weighted by molar-refractivity contribution is -0.139. The van der Waals surface area contributed by atoms with Crippen molar-refractivity contribution >= 4 is 40.2 Å². The molecule has 1 fully saturated rings. The molecule has 1 saturated heterocycles. The molecule has 172 valence electrons. The van der Waals surface area contributed by atoms with Crippen molar-refractivity contribution in [3.05, 3.63) is 70.6 Å². The lowest BCUT2D eigenvalue weighted by Crippen LogP contribution is -2.45. The molecule has 0 bridgehead atoms. The molecule has 0 spiro atoms. The lowest BCUT2D eigenvalue weighted by Gasteiger charge is -2.25. The summed E-state index contributed by atoms with van der Waals surface area (Å²) in [6, 6.07) is 10.0. The van der Waals surface area contributed by atoms with Crippen molar-refractivity contribution in [2.45, 2.75) is 37.8 Å². The number of aryl methyl sites for hydroxylation is 1. The lowest BCUT2D eigenvalue weighted by atomic mass is 9.99. The number of hydrogen-bond donors (Lipinski definition) is 2. The zero-order valence-electron chi connectivity index (χ0n) is 17.7.